The Kier molecular flexibility index (Phi) is 5.76. The third-order valence-electron chi connectivity index (χ3n) is 3.28. The van der Waals surface area contributed by atoms with Gasteiger partial charge in [0.25, 0.3) is 0 Å². The monoisotopic (exact) mass is 327 g/mol. The number of halogens is 1. The summed E-state index contributed by atoms with van der Waals surface area (Å²) in [7, 11) is 0. The van der Waals surface area contributed by atoms with Crippen molar-refractivity contribution in [3.63, 3.8) is 0 Å². The maximum Gasteiger partial charge on any atom is 0.321 e. The molecular formula is C14H18ClN3O2S. The minimum absolute atomic E-state index is 0.114. The molecule has 1 fully saturated rings. The molecule has 0 unspecified atom stereocenters. The quantitative estimate of drug-likeness (QED) is 0.586. The lowest BCUT2D eigenvalue weighted by Gasteiger charge is -2.12. The zero-order chi connectivity index (χ0) is 15.2. The number of nitrogens with one attached hydrogen (secondary N) is 2. The van der Waals surface area contributed by atoms with E-state index in [-0.39, 0.29) is 17.7 Å². The summed E-state index contributed by atoms with van der Waals surface area (Å²) in [6, 6.07) is 4.85. The van der Waals surface area contributed by atoms with E-state index < -0.39 is 6.03 Å². The molecule has 0 atom stereocenters. The van der Waals surface area contributed by atoms with Crippen LogP contribution in [0.3, 0.4) is 0 Å². The van der Waals surface area contributed by atoms with Crippen LogP contribution in [0.2, 0.25) is 5.02 Å². The van der Waals surface area contributed by atoms with Crippen LogP contribution in [-0.2, 0) is 4.79 Å². The molecular weight excluding hydrogens is 310 g/mol. The van der Waals surface area contributed by atoms with E-state index >= 15 is 0 Å². The summed E-state index contributed by atoms with van der Waals surface area (Å²) in [4.78, 5) is 24.1. The number of carbonyl (C=O) groups excluding carboxylic acids is 2. The molecule has 3 amide bonds. The molecule has 0 radical (unpaired) electrons. The number of benzene rings is 1. The first-order valence-corrected chi connectivity index (χ1v) is 8.19. The van der Waals surface area contributed by atoms with Gasteiger partial charge in [0.1, 0.15) is 0 Å². The van der Waals surface area contributed by atoms with E-state index in [1.54, 1.807) is 18.2 Å². The van der Waals surface area contributed by atoms with E-state index in [2.05, 4.69) is 10.6 Å². The fourth-order valence-corrected chi connectivity index (χ4v) is 3.27. The molecule has 1 aliphatic carbocycles. The number of carbonyl (C=O) groups is 2. The Morgan fingerprint density at radius 1 is 1.33 bits per heavy atom. The van der Waals surface area contributed by atoms with E-state index in [1.165, 1.54) is 11.8 Å². The lowest BCUT2D eigenvalue weighted by Crippen LogP contribution is -2.44. The summed E-state index contributed by atoms with van der Waals surface area (Å²) < 4.78 is 0. The van der Waals surface area contributed by atoms with Crippen LogP contribution < -0.4 is 16.4 Å². The molecule has 4 N–H and O–H groups in total. The molecule has 0 saturated heterocycles. The molecule has 1 saturated carbocycles. The Labute approximate surface area is 133 Å². The second-order valence-electron chi connectivity index (χ2n) is 4.97. The number of amides is 3. The zero-order valence-corrected chi connectivity index (χ0v) is 13.1. The second-order valence-corrected chi connectivity index (χ2v) is 6.43. The van der Waals surface area contributed by atoms with Crippen LogP contribution in [0.15, 0.2) is 23.1 Å². The van der Waals surface area contributed by atoms with Gasteiger partial charge in [-0.15, -0.1) is 11.8 Å². The summed E-state index contributed by atoms with van der Waals surface area (Å²) in [6.45, 7) is 0. The van der Waals surface area contributed by atoms with E-state index in [0.717, 1.165) is 30.6 Å². The second kappa shape index (κ2) is 7.56. The SMILES string of the molecule is Nc1ccc(Cl)cc1SCC(=O)NC(=O)NC1CCCC1. The van der Waals surface area contributed by atoms with Crippen LogP contribution in [-0.4, -0.2) is 23.7 Å². The fraction of sp³-hybridized carbons (Fsp3) is 0.429. The summed E-state index contributed by atoms with van der Waals surface area (Å²) in [5.74, 6) is -0.238. The van der Waals surface area contributed by atoms with Crippen LogP contribution in [0.4, 0.5) is 10.5 Å². The van der Waals surface area contributed by atoms with Crippen molar-refractivity contribution in [3.05, 3.63) is 23.2 Å². The topological polar surface area (TPSA) is 84.2 Å². The first kappa shape index (κ1) is 16.0. The molecule has 114 valence electrons. The molecule has 0 spiro atoms. The highest BCUT2D eigenvalue weighted by Gasteiger charge is 2.18. The number of imide groups is 1. The highest BCUT2D eigenvalue weighted by molar-refractivity contribution is 8.00. The van der Waals surface area contributed by atoms with Crippen molar-refractivity contribution < 1.29 is 9.59 Å². The number of hydrogen-bond acceptors (Lipinski definition) is 4. The van der Waals surface area contributed by atoms with Crippen molar-refractivity contribution >= 4 is 41.0 Å². The smallest absolute Gasteiger partial charge is 0.321 e. The van der Waals surface area contributed by atoms with Gasteiger partial charge in [-0.3, -0.25) is 10.1 Å². The molecule has 0 aliphatic heterocycles. The summed E-state index contributed by atoms with van der Waals surface area (Å²) in [5, 5.41) is 5.69. The lowest BCUT2D eigenvalue weighted by molar-refractivity contribution is -0.117. The number of nitrogen functional groups attached to an aromatic ring is 1. The minimum Gasteiger partial charge on any atom is -0.398 e. The standard InChI is InChI=1S/C14H18ClN3O2S/c15-9-5-6-11(16)12(7-9)21-8-13(19)18-14(20)17-10-3-1-2-4-10/h5-7,10H,1-4,8,16H2,(H2,17,18,19,20). The zero-order valence-electron chi connectivity index (χ0n) is 11.5. The predicted octanol–water partition coefficient (Wildman–Crippen LogP) is 2.78. The number of hydrogen-bond donors (Lipinski definition) is 3. The van der Waals surface area contributed by atoms with Gasteiger partial charge in [0.2, 0.25) is 5.91 Å². The van der Waals surface area contributed by atoms with Crippen LogP contribution in [0, 0.1) is 0 Å². The van der Waals surface area contributed by atoms with Crippen molar-refractivity contribution in [2.75, 3.05) is 11.5 Å². The van der Waals surface area contributed by atoms with E-state index in [0.29, 0.717) is 10.7 Å². The molecule has 0 bridgehead atoms. The average molecular weight is 328 g/mol. The van der Waals surface area contributed by atoms with Crippen LogP contribution in [0.5, 0.6) is 0 Å². The van der Waals surface area contributed by atoms with Gasteiger partial charge in [-0.05, 0) is 31.0 Å². The lowest BCUT2D eigenvalue weighted by atomic mass is 10.2. The Morgan fingerprint density at radius 2 is 2.05 bits per heavy atom. The Morgan fingerprint density at radius 3 is 2.76 bits per heavy atom. The number of urea groups is 1. The van der Waals surface area contributed by atoms with E-state index in [4.69, 9.17) is 17.3 Å². The summed E-state index contributed by atoms with van der Waals surface area (Å²) in [5.41, 5.74) is 6.36. The van der Waals surface area contributed by atoms with Crippen LogP contribution >= 0.6 is 23.4 Å². The van der Waals surface area contributed by atoms with Crippen molar-refractivity contribution in [3.8, 4) is 0 Å². The highest BCUT2D eigenvalue weighted by Crippen LogP contribution is 2.27. The maximum atomic E-state index is 11.7. The number of nitrogens with two attached hydrogens (primary N) is 1. The number of thioether (sulfide) groups is 1. The first-order chi connectivity index (χ1) is 10.0. The molecule has 21 heavy (non-hydrogen) atoms. The molecule has 1 aliphatic rings. The van der Waals surface area contributed by atoms with E-state index in [9.17, 15) is 9.59 Å². The summed E-state index contributed by atoms with van der Waals surface area (Å²) in [6.07, 6.45) is 4.22. The van der Waals surface area contributed by atoms with Crippen molar-refractivity contribution in [1.82, 2.24) is 10.6 Å². The van der Waals surface area contributed by atoms with Gasteiger partial charge in [-0.25, -0.2) is 4.79 Å². The Bertz CT molecular complexity index is 533. The van der Waals surface area contributed by atoms with E-state index in [1.807, 2.05) is 0 Å². The Hall–Kier alpha value is -1.40. The third-order valence-corrected chi connectivity index (χ3v) is 4.58. The average Bonchev–Trinajstić information content (AvgIpc) is 2.92. The van der Waals surface area contributed by atoms with Gasteiger partial charge >= 0.3 is 6.03 Å². The highest BCUT2D eigenvalue weighted by atomic mass is 35.5. The van der Waals surface area contributed by atoms with Crippen molar-refractivity contribution in [1.29, 1.82) is 0 Å². The summed E-state index contributed by atoms with van der Waals surface area (Å²) >= 11 is 7.13. The largest absolute Gasteiger partial charge is 0.398 e. The predicted molar refractivity (Wildman–Crippen MR) is 85.5 cm³/mol. The van der Waals surface area contributed by atoms with Crippen molar-refractivity contribution in [2.24, 2.45) is 0 Å². The van der Waals surface area contributed by atoms with Gasteiger partial charge < -0.3 is 11.1 Å². The molecule has 2 rings (SSSR count). The van der Waals surface area contributed by atoms with Gasteiger partial charge in [-0.2, -0.15) is 0 Å². The van der Waals surface area contributed by atoms with Crippen LogP contribution in [0.1, 0.15) is 25.7 Å². The molecule has 0 heterocycles. The minimum atomic E-state index is -0.424. The Balaban J connectivity index is 1.76. The maximum absolute atomic E-state index is 11.7. The van der Waals surface area contributed by atoms with Gasteiger partial charge in [-0.1, -0.05) is 24.4 Å². The van der Waals surface area contributed by atoms with Crippen molar-refractivity contribution in [2.45, 2.75) is 36.6 Å². The number of anilines is 1. The molecule has 0 aromatic heterocycles. The number of rotatable bonds is 4. The fourth-order valence-electron chi connectivity index (χ4n) is 2.23. The molecule has 1 aromatic rings. The molecule has 7 heteroatoms. The van der Waals surface area contributed by atoms with Gasteiger partial charge in [0.15, 0.2) is 0 Å². The first-order valence-electron chi connectivity index (χ1n) is 6.83. The normalized spacial score (nSPS) is 14.9. The molecule has 1 aromatic carbocycles. The van der Waals surface area contributed by atoms with Gasteiger partial charge in [0.05, 0.1) is 5.75 Å². The van der Waals surface area contributed by atoms with Gasteiger partial charge in [0, 0.05) is 21.6 Å². The van der Waals surface area contributed by atoms with Crippen LogP contribution in [0.25, 0.3) is 0 Å². The third kappa shape index (κ3) is 5.13. The molecule has 5 nitrogen and oxygen atoms in total.